The van der Waals surface area contributed by atoms with Gasteiger partial charge in [0.1, 0.15) is 42.0 Å². The van der Waals surface area contributed by atoms with Gasteiger partial charge in [0.2, 0.25) is 17.7 Å². The molecule has 2 aromatic carbocycles. The predicted octanol–water partition coefficient (Wildman–Crippen LogP) is -2.29. The van der Waals surface area contributed by atoms with Crippen molar-refractivity contribution < 1.29 is 118 Å². The van der Waals surface area contributed by atoms with Crippen LogP contribution in [0.4, 0.5) is 4.79 Å². The van der Waals surface area contributed by atoms with E-state index in [9.17, 15) is 108 Å². The van der Waals surface area contributed by atoms with Crippen LogP contribution in [-0.4, -0.2) is 270 Å². The first-order chi connectivity index (χ1) is 43.1. The van der Waals surface area contributed by atoms with E-state index in [2.05, 4.69) is 31.9 Å². The van der Waals surface area contributed by atoms with Crippen LogP contribution in [0, 0.1) is 0 Å². The SMILES string of the molecule is O=C(O)CCC[C@H](NC(=O)N[C@@H](CCCCNC(=O)[C@H](Cc1ccccc1)NC(=O)COc1ccc(C[C@H](NC(=O)CNC(=O)CCC(C(=O)O)N2CCN(CC(=O)O)CCN(C(CCC(=O)O)C(=O)O)CCN(CC(=O)O)CC2)C(=O)O)cc1)C(=O)O)C(=O)O. The van der Waals surface area contributed by atoms with E-state index in [-0.39, 0.29) is 129 Å². The number of carboxylic acid groups (broad SMARTS) is 9. The smallest absolute Gasteiger partial charge is 0.326 e. The third-order valence-electron chi connectivity index (χ3n) is 14.3. The molecule has 0 saturated carbocycles. The lowest BCUT2D eigenvalue weighted by Gasteiger charge is -2.36. The molecule has 1 heterocycles. The van der Waals surface area contributed by atoms with E-state index in [4.69, 9.17) is 9.84 Å². The van der Waals surface area contributed by atoms with Gasteiger partial charge in [-0.15, -0.1) is 0 Å². The normalized spacial score (nSPS) is 15.6. The molecule has 6 atom stereocenters. The van der Waals surface area contributed by atoms with Crippen LogP contribution in [-0.2, 0) is 75.2 Å². The molecule has 34 heteroatoms. The first-order valence-electron chi connectivity index (χ1n) is 29.0. The molecule has 0 spiro atoms. The molecule has 2 aromatic rings. The summed E-state index contributed by atoms with van der Waals surface area (Å²) in [5, 5.41) is 101. The van der Waals surface area contributed by atoms with Crippen molar-refractivity contribution in [2.75, 3.05) is 85.1 Å². The van der Waals surface area contributed by atoms with Crippen molar-refractivity contribution in [1.82, 2.24) is 51.5 Å². The van der Waals surface area contributed by atoms with Crippen molar-refractivity contribution >= 4 is 83.4 Å². The first-order valence-corrected chi connectivity index (χ1v) is 29.0. The second-order valence-corrected chi connectivity index (χ2v) is 21.2. The fourth-order valence-electron chi connectivity index (χ4n) is 9.55. The number of nitrogens with zero attached hydrogens (tertiary/aromatic N) is 4. The van der Waals surface area contributed by atoms with Crippen LogP contribution in [0.25, 0.3) is 0 Å². The third-order valence-corrected chi connectivity index (χ3v) is 14.3. The average molecular weight is 1290 g/mol. The van der Waals surface area contributed by atoms with Crippen molar-refractivity contribution in [3.8, 4) is 5.75 Å². The molecule has 34 nitrogen and oxygen atoms in total. The molecule has 1 aliphatic heterocycles. The van der Waals surface area contributed by atoms with Gasteiger partial charge in [-0.1, -0.05) is 42.5 Å². The van der Waals surface area contributed by atoms with Crippen LogP contribution >= 0.6 is 0 Å². The van der Waals surface area contributed by atoms with Crippen LogP contribution < -0.4 is 36.6 Å². The maximum atomic E-state index is 13.4. The van der Waals surface area contributed by atoms with Gasteiger partial charge >= 0.3 is 59.8 Å². The summed E-state index contributed by atoms with van der Waals surface area (Å²) in [6, 6.07) is 5.19. The Morgan fingerprint density at radius 2 is 0.879 bits per heavy atom. The highest BCUT2D eigenvalue weighted by molar-refractivity contribution is 5.90. The number of carbonyl (C=O) groups excluding carboxylic acids is 5. The molecule has 0 radical (unpaired) electrons. The van der Waals surface area contributed by atoms with Crippen molar-refractivity contribution in [2.45, 2.75) is 113 Å². The first kappa shape index (κ1) is 75.7. The fraction of sp³-hybridized carbons (Fsp3) is 0.544. The van der Waals surface area contributed by atoms with Crippen molar-refractivity contribution in [2.24, 2.45) is 0 Å². The van der Waals surface area contributed by atoms with Crippen LogP contribution in [0.15, 0.2) is 54.6 Å². The number of nitrogens with one attached hydrogen (secondary N) is 6. The van der Waals surface area contributed by atoms with Gasteiger partial charge in [0.25, 0.3) is 5.91 Å². The number of benzene rings is 2. The maximum absolute atomic E-state index is 13.4. The summed E-state index contributed by atoms with van der Waals surface area (Å²) in [5.41, 5.74) is 1.09. The number of carbonyl (C=O) groups is 14. The number of ether oxygens (including phenoxy) is 1. The molecule has 0 bridgehead atoms. The molecule has 1 aliphatic rings. The minimum atomic E-state index is -1.51. The van der Waals surface area contributed by atoms with E-state index >= 15 is 0 Å². The second-order valence-electron chi connectivity index (χ2n) is 21.2. The van der Waals surface area contributed by atoms with Gasteiger partial charge in [-0.05, 0) is 68.2 Å². The molecule has 2 unspecified atom stereocenters. The Morgan fingerprint density at radius 1 is 0.418 bits per heavy atom. The molecule has 3 rings (SSSR count). The molecular formula is C57H80N10O24. The van der Waals surface area contributed by atoms with E-state index in [1.165, 1.54) is 43.9 Å². The lowest BCUT2D eigenvalue weighted by molar-refractivity contribution is -0.146. The van der Waals surface area contributed by atoms with E-state index in [1.807, 2.05) is 0 Å². The van der Waals surface area contributed by atoms with E-state index in [0.717, 1.165) is 0 Å². The predicted molar refractivity (Wildman–Crippen MR) is 313 cm³/mol. The molecular weight excluding hydrogens is 1210 g/mol. The number of urea groups is 1. The third kappa shape index (κ3) is 31.0. The van der Waals surface area contributed by atoms with Gasteiger partial charge in [-0.25, -0.2) is 19.2 Å². The monoisotopic (exact) mass is 1290 g/mol. The molecule has 1 saturated heterocycles. The molecule has 0 aliphatic carbocycles. The molecule has 502 valence electrons. The van der Waals surface area contributed by atoms with Gasteiger partial charge in [0, 0.05) is 91.0 Å². The van der Waals surface area contributed by atoms with Crippen LogP contribution in [0.5, 0.6) is 5.75 Å². The number of carboxylic acids is 9. The molecule has 1 fully saturated rings. The number of hydrogen-bond acceptors (Lipinski definition) is 19. The number of aliphatic carboxylic acids is 9. The second kappa shape index (κ2) is 40.2. The van der Waals surface area contributed by atoms with Gasteiger partial charge in [0.05, 0.1) is 19.6 Å². The maximum Gasteiger partial charge on any atom is 0.326 e. The lowest BCUT2D eigenvalue weighted by Crippen LogP contribution is -2.53. The zero-order chi connectivity index (χ0) is 67.6. The van der Waals surface area contributed by atoms with Crippen LogP contribution in [0.2, 0.25) is 0 Å². The molecule has 6 amide bonds. The minimum Gasteiger partial charge on any atom is -0.484 e. The Kier molecular flexibility index (Phi) is 33.4. The van der Waals surface area contributed by atoms with Crippen molar-refractivity contribution in [3.63, 3.8) is 0 Å². The Bertz CT molecular complexity index is 2780. The fourth-order valence-corrected chi connectivity index (χ4v) is 9.55. The van der Waals surface area contributed by atoms with Crippen LogP contribution in [0.1, 0.15) is 75.3 Å². The van der Waals surface area contributed by atoms with Crippen molar-refractivity contribution in [1.29, 1.82) is 0 Å². The van der Waals surface area contributed by atoms with Gasteiger partial charge < -0.3 is 82.6 Å². The van der Waals surface area contributed by atoms with Gasteiger partial charge in [-0.3, -0.25) is 67.5 Å². The summed E-state index contributed by atoms with van der Waals surface area (Å²) < 4.78 is 5.63. The Labute approximate surface area is 521 Å². The highest BCUT2D eigenvalue weighted by Gasteiger charge is 2.32. The average Bonchev–Trinajstić information content (AvgIpc) is 3.27. The molecule has 0 aromatic heterocycles. The topological polar surface area (TPSA) is 515 Å². The lowest BCUT2D eigenvalue weighted by atomic mass is 10.0. The standard InChI is InChI=1S/C57H80N10O24/c68-44(18-16-42(55(86)87)66-25-21-64(32-49(75)76)23-27-67(43(56(88)89)17-19-48(73)74)28-24-65(22-26-66)33-50(77)78)59-31-45(69)61-41(54(84)85)30-36-12-14-37(15-13-36)91-34-46(70)60-40(29-35-7-2-1-3-8-35)51(79)58-20-5-4-9-38(52(80)81)62-57(90)63-39(53(82)83)10-6-11-47(71)72/h1-3,7-8,12-15,38-43H,4-6,9-11,16-34H2,(H,58,79)(H,59,68)(H,60,70)(H,61,69)(H,71,72)(H,73,74)(H,75,76)(H,77,78)(H,80,81)(H,82,83)(H,84,85)(H,86,87)(H,88,89)(H2,62,63,90)/t38-,39-,40-,41-,42?,43?/m0/s1. The summed E-state index contributed by atoms with van der Waals surface area (Å²) in [6.45, 7) is -2.93. The Balaban J connectivity index is 1.55. The minimum absolute atomic E-state index is 0.0292. The number of hydrogen-bond donors (Lipinski definition) is 15. The van der Waals surface area contributed by atoms with E-state index < -0.39 is 159 Å². The molecule has 91 heavy (non-hydrogen) atoms. The van der Waals surface area contributed by atoms with Crippen LogP contribution in [0.3, 0.4) is 0 Å². The van der Waals surface area contributed by atoms with E-state index in [0.29, 0.717) is 11.1 Å². The van der Waals surface area contributed by atoms with Gasteiger partial charge in [0.15, 0.2) is 6.61 Å². The quantitative estimate of drug-likeness (QED) is 0.0312. The number of unbranched alkanes of at least 4 members (excludes halogenated alkanes) is 1. The summed E-state index contributed by atoms with van der Waals surface area (Å²) in [7, 11) is 0. The highest BCUT2D eigenvalue weighted by atomic mass is 16.5. The number of amides is 6. The summed E-state index contributed by atoms with van der Waals surface area (Å²) in [5.74, 6) is -14.7. The zero-order valence-corrected chi connectivity index (χ0v) is 49.8. The summed E-state index contributed by atoms with van der Waals surface area (Å²) >= 11 is 0. The molecule has 15 N–H and O–H groups in total. The Hall–Kier alpha value is -9.54. The number of rotatable bonds is 40. The highest BCUT2D eigenvalue weighted by Crippen LogP contribution is 2.16. The van der Waals surface area contributed by atoms with E-state index in [1.54, 1.807) is 30.3 Å². The van der Waals surface area contributed by atoms with Crippen molar-refractivity contribution in [3.05, 3.63) is 65.7 Å². The largest absolute Gasteiger partial charge is 0.484 e. The summed E-state index contributed by atoms with van der Waals surface area (Å²) in [6.07, 6.45) is -2.09. The zero-order valence-electron chi connectivity index (χ0n) is 49.8. The Morgan fingerprint density at radius 3 is 1.35 bits per heavy atom. The summed E-state index contributed by atoms with van der Waals surface area (Å²) in [4.78, 5) is 177. The van der Waals surface area contributed by atoms with Gasteiger partial charge in [-0.2, -0.15) is 0 Å².